The van der Waals surface area contributed by atoms with Crippen molar-refractivity contribution >= 4 is 64.8 Å². The molecule has 2 amide bonds. The van der Waals surface area contributed by atoms with Crippen LogP contribution in [-0.2, 0) is 16.0 Å². The second kappa shape index (κ2) is 11.3. The maximum Gasteiger partial charge on any atom is 0.283 e. The van der Waals surface area contributed by atoms with E-state index in [9.17, 15) is 14.4 Å². The third-order valence-corrected chi connectivity index (χ3v) is 5.98. The van der Waals surface area contributed by atoms with Gasteiger partial charge in [-0.05, 0) is 35.9 Å². The summed E-state index contributed by atoms with van der Waals surface area (Å²) >= 11 is 16.4. The van der Waals surface area contributed by atoms with Crippen molar-refractivity contribution in [2.24, 2.45) is 0 Å². The topological polar surface area (TPSA) is 103 Å². The van der Waals surface area contributed by atoms with E-state index in [0.29, 0.717) is 32.5 Å². The highest BCUT2D eigenvalue weighted by atomic mass is 35.5. The molecular formula is C24H22Cl2N3O3S+. The number of nitrogens with one attached hydrogen (secondary N) is 2. The molecule has 0 fully saturated rings. The van der Waals surface area contributed by atoms with Crippen LogP contribution in [0.25, 0.3) is 0 Å². The van der Waals surface area contributed by atoms with E-state index in [4.69, 9.17) is 23.2 Å². The number of ketones is 1. The summed E-state index contributed by atoms with van der Waals surface area (Å²) in [4.78, 5) is 38.2. The highest BCUT2D eigenvalue weighted by Gasteiger charge is 2.20. The fraction of sp³-hybridized carbons (Fsp3) is 0.125. The van der Waals surface area contributed by atoms with E-state index in [-0.39, 0.29) is 29.4 Å². The van der Waals surface area contributed by atoms with Gasteiger partial charge in [0.15, 0.2) is 11.8 Å². The molecule has 0 saturated carbocycles. The average Bonchev–Trinajstić information content (AvgIpc) is 2.82. The molecule has 0 spiro atoms. The zero-order chi connectivity index (χ0) is 24.0. The molecule has 0 unspecified atom stereocenters. The molecule has 33 heavy (non-hydrogen) atoms. The highest BCUT2D eigenvalue weighted by molar-refractivity contribution is 7.80. The molecular weight excluding hydrogens is 481 g/mol. The van der Waals surface area contributed by atoms with E-state index in [1.54, 1.807) is 60.7 Å². The van der Waals surface area contributed by atoms with E-state index in [1.807, 2.05) is 0 Å². The second-order valence-corrected chi connectivity index (χ2v) is 8.43. The molecule has 0 aliphatic heterocycles. The van der Waals surface area contributed by atoms with Gasteiger partial charge in [-0.3, -0.25) is 14.4 Å². The Hall–Kier alpha value is -2.84. The van der Waals surface area contributed by atoms with Gasteiger partial charge in [-0.15, -0.1) is 0 Å². The number of halogens is 2. The van der Waals surface area contributed by atoms with Gasteiger partial charge in [0.1, 0.15) is 0 Å². The minimum Gasteiger partial charge on any atom is -0.347 e. The Morgan fingerprint density at radius 1 is 0.909 bits per heavy atom. The molecule has 1 atom stereocenters. The molecule has 0 aromatic heterocycles. The third kappa shape index (κ3) is 6.36. The standard InChI is InChI=1S/C24H21Cl2N3O3S/c25-18-7-4-8-19(26)16(18)12-22(30)29-21-10-9-15(28-24(32)20(27)13-33)11-17(21)23(31)14-5-2-1-3-6-14/h1-11,20,33H,12-13,27H2,(H,28,32)(H,29,30)/p+1/t20-/m0/s1. The minimum atomic E-state index is -0.554. The van der Waals surface area contributed by atoms with Gasteiger partial charge in [0.05, 0.1) is 17.9 Å². The van der Waals surface area contributed by atoms with Crippen LogP contribution in [0, 0.1) is 0 Å². The van der Waals surface area contributed by atoms with Crippen LogP contribution >= 0.6 is 35.8 Å². The normalized spacial score (nSPS) is 11.5. The van der Waals surface area contributed by atoms with Gasteiger partial charge in [-0.25, -0.2) is 0 Å². The molecule has 0 heterocycles. The van der Waals surface area contributed by atoms with Gasteiger partial charge in [0.25, 0.3) is 5.91 Å². The van der Waals surface area contributed by atoms with Crippen LogP contribution in [0.1, 0.15) is 21.5 Å². The van der Waals surface area contributed by atoms with Crippen LogP contribution in [-0.4, -0.2) is 29.4 Å². The van der Waals surface area contributed by atoms with E-state index >= 15 is 0 Å². The van der Waals surface area contributed by atoms with Gasteiger partial charge in [-0.1, -0.05) is 59.6 Å². The van der Waals surface area contributed by atoms with Crippen LogP contribution < -0.4 is 16.4 Å². The number of anilines is 2. The second-order valence-electron chi connectivity index (χ2n) is 7.25. The first-order valence-corrected chi connectivity index (χ1v) is 11.4. The minimum absolute atomic E-state index is 0.0684. The lowest BCUT2D eigenvalue weighted by Crippen LogP contribution is -2.67. The number of thiol groups is 1. The summed E-state index contributed by atoms with van der Waals surface area (Å²) in [5.41, 5.74) is 5.60. The van der Waals surface area contributed by atoms with Crippen LogP contribution in [0.5, 0.6) is 0 Å². The number of carbonyl (C=O) groups excluding carboxylic acids is 3. The first-order valence-electron chi connectivity index (χ1n) is 10.0. The summed E-state index contributed by atoms with van der Waals surface area (Å²) in [5.74, 6) is -0.747. The number of quaternary nitrogens is 1. The van der Waals surface area contributed by atoms with Crippen molar-refractivity contribution < 1.29 is 20.1 Å². The van der Waals surface area contributed by atoms with Crippen molar-refractivity contribution in [3.8, 4) is 0 Å². The zero-order valence-electron chi connectivity index (χ0n) is 17.5. The number of hydrogen-bond donors (Lipinski definition) is 4. The lowest BCUT2D eigenvalue weighted by atomic mass is 10.0. The summed E-state index contributed by atoms with van der Waals surface area (Å²) in [7, 11) is 0. The molecule has 3 aromatic rings. The molecule has 0 bridgehead atoms. The summed E-state index contributed by atoms with van der Waals surface area (Å²) < 4.78 is 0. The van der Waals surface area contributed by atoms with Crippen molar-refractivity contribution in [2.75, 3.05) is 16.4 Å². The van der Waals surface area contributed by atoms with Crippen molar-refractivity contribution in [1.29, 1.82) is 0 Å². The number of rotatable bonds is 8. The maximum absolute atomic E-state index is 13.2. The first kappa shape index (κ1) is 24.8. The third-order valence-electron chi connectivity index (χ3n) is 4.83. The molecule has 0 radical (unpaired) electrons. The van der Waals surface area contributed by atoms with Crippen LogP contribution in [0.15, 0.2) is 66.7 Å². The average molecular weight is 503 g/mol. The van der Waals surface area contributed by atoms with E-state index < -0.39 is 11.9 Å². The molecule has 3 rings (SSSR count). The van der Waals surface area contributed by atoms with E-state index in [1.165, 1.54) is 6.07 Å². The van der Waals surface area contributed by atoms with Gasteiger partial charge in [0.2, 0.25) is 5.91 Å². The van der Waals surface area contributed by atoms with Crippen LogP contribution in [0.4, 0.5) is 11.4 Å². The number of carbonyl (C=O) groups is 3. The maximum atomic E-state index is 13.2. The quantitative estimate of drug-likeness (QED) is 0.277. The van der Waals surface area contributed by atoms with Crippen molar-refractivity contribution in [3.05, 3.63) is 93.5 Å². The number of amides is 2. The first-order chi connectivity index (χ1) is 15.8. The van der Waals surface area contributed by atoms with Crippen molar-refractivity contribution in [3.63, 3.8) is 0 Å². The van der Waals surface area contributed by atoms with Crippen molar-refractivity contribution in [2.45, 2.75) is 12.5 Å². The largest absolute Gasteiger partial charge is 0.347 e. The highest BCUT2D eigenvalue weighted by Crippen LogP contribution is 2.27. The lowest BCUT2D eigenvalue weighted by Gasteiger charge is -2.14. The summed E-state index contributed by atoms with van der Waals surface area (Å²) in [6, 6.07) is 17.8. The molecule has 6 nitrogen and oxygen atoms in total. The van der Waals surface area contributed by atoms with Crippen LogP contribution in [0.3, 0.4) is 0 Å². The van der Waals surface area contributed by atoms with E-state index in [0.717, 1.165) is 0 Å². The SMILES string of the molecule is [NH3+][C@@H](CS)C(=O)Nc1ccc(NC(=O)Cc2c(Cl)cccc2Cl)c(C(=O)c2ccccc2)c1. The Bertz CT molecular complexity index is 1170. The smallest absolute Gasteiger partial charge is 0.283 e. The van der Waals surface area contributed by atoms with Gasteiger partial charge >= 0.3 is 0 Å². The molecule has 0 aliphatic carbocycles. The molecule has 3 aromatic carbocycles. The van der Waals surface area contributed by atoms with E-state index in [2.05, 4.69) is 29.0 Å². The Kier molecular flexibility index (Phi) is 8.52. The summed E-state index contributed by atoms with van der Waals surface area (Å²) in [6.45, 7) is 0. The lowest BCUT2D eigenvalue weighted by molar-refractivity contribution is -0.395. The van der Waals surface area contributed by atoms with Gasteiger partial charge in [0, 0.05) is 26.9 Å². The summed E-state index contributed by atoms with van der Waals surface area (Å²) in [5, 5.41) is 6.24. The Morgan fingerprint density at radius 3 is 2.21 bits per heavy atom. The zero-order valence-corrected chi connectivity index (χ0v) is 19.9. The van der Waals surface area contributed by atoms with Gasteiger partial charge in [-0.2, -0.15) is 12.6 Å². The predicted molar refractivity (Wildman–Crippen MR) is 134 cm³/mol. The Balaban J connectivity index is 1.91. The van der Waals surface area contributed by atoms with Crippen molar-refractivity contribution in [1.82, 2.24) is 0 Å². The number of benzene rings is 3. The molecule has 170 valence electrons. The van der Waals surface area contributed by atoms with Crippen LogP contribution in [0.2, 0.25) is 10.0 Å². The fourth-order valence-corrected chi connectivity index (χ4v) is 3.74. The van der Waals surface area contributed by atoms with Gasteiger partial charge < -0.3 is 16.4 Å². The molecule has 0 saturated heterocycles. The molecule has 5 N–H and O–H groups in total. The Labute approximate surface area is 206 Å². The monoisotopic (exact) mass is 502 g/mol. The predicted octanol–water partition coefficient (Wildman–Crippen LogP) is 3.88. The molecule has 9 heteroatoms. The fourth-order valence-electron chi connectivity index (χ4n) is 3.05. The Morgan fingerprint density at radius 2 is 1.58 bits per heavy atom. The summed E-state index contributed by atoms with van der Waals surface area (Å²) in [6.07, 6.45) is -0.0684. The molecule has 0 aliphatic rings. The number of hydrogen-bond acceptors (Lipinski definition) is 4.